The van der Waals surface area contributed by atoms with E-state index in [1.54, 1.807) is 6.07 Å². The molecule has 1 aromatic heterocycles. The Morgan fingerprint density at radius 2 is 1.95 bits per heavy atom. The van der Waals surface area contributed by atoms with Crippen LogP contribution in [0.3, 0.4) is 0 Å². The number of benzene rings is 2. The fourth-order valence-corrected chi connectivity index (χ4v) is 5.87. The molecule has 192 valence electrons. The van der Waals surface area contributed by atoms with Crippen LogP contribution in [0.4, 0.5) is 14.9 Å². The number of carbonyl (C=O) groups is 1. The topological polar surface area (TPSA) is 48.5 Å². The number of hydrogen-bond donors (Lipinski definition) is 1. The third-order valence-electron chi connectivity index (χ3n) is 7.44. The van der Waals surface area contributed by atoms with Crippen LogP contribution >= 0.6 is 23.2 Å². The van der Waals surface area contributed by atoms with E-state index in [0.717, 1.165) is 43.7 Å². The van der Waals surface area contributed by atoms with E-state index in [4.69, 9.17) is 23.2 Å². The van der Waals surface area contributed by atoms with Gasteiger partial charge in [0.2, 0.25) is 5.95 Å². The smallest absolute Gasteiger partial charge is 0.322 e. The van der Waals surface area contributed by atoms with Crippen LogP contribution in [0.1, 0.15) is 35.1 Å². The van der Waals surface area contributed by atoms with Gasteiger partial charge in [-0.05, 0) is 85.4 Å². The highest BCUT2D eigenvalue weighted by atomic mass is 35.5. The SMILES string of the molecule is Cc1cccc2c1C1(CCN(C/C=C/c3ccc(Cl)c(Cl)c3)CC1)CN2C(=O)NCc1ccnc(F)c1. The molecule has 3 heterocycles. The third-order valence-corrected chi connectivity index (χ3v) is 8.18. The summed E-state index contributed by atoms with van der Waals surface area (Å²) in [6.07, 6.45) is 7.60. The number of hydrogen-bond acceptors (Lipinski definition) is 3. The minimum absolute atomic E-state index is 0.0648. The van der Waals surface area contributed by atoms with Crippen LogP contribution in [0.2, 0.25) is 10.0 Å². The number of aromatic nitrogens is 1. The normalized spacial score (nSPS) is 16.9. The van der Waals surface area contributed by atoms with Crippen molar-refractivity contribution in [3.63, 3.8) is 0 Å². The number of halogens is 3. The molecule has 5 rings (SSSR count). The van der Waals surface area contributed by atoms with Gasteiger partial charge in [0, 0.05) is 36.9 Å². The van der Waals surface area contributed by atoms with Gasteiger partial charge in [0.1, 0.15) is 0 Å². The first-order valence-electron chi connectivity index (χ1n) is 12.4. The van der Waals surface area contributed by atoms with Gasteiger partial charge in [0.25, 0.3) is 0 Å². The summed E-state index contributed by atoms with van der Waals surface area (Å²) in [6, 6.07) is 14.7. The maximum Gasteiger partial charge on any atom is 0.322 e. The number of urea groups is 1. The lowest BCUT2D eigenvalue weighted by Crippen LogP contribution is -2.47. The Bertz CT molecular complexity index is 1340. The van der Waals surface area contributed by atoms with E-state index >= 15 is 0 Å². The van der Waals surface area contributed by atoms with Crippen molar-refractivity contribution in [2.75, 3.05) is 31.1 Å². The largest absolute Gasteiger partial charge is 0.334 e. The van der Waals surface area contributed by atoms with Gasteiger partial charge in [-0.3, -0.25) is 9.80 Å². The number of rotatable bonds is 5. The summed E-state index contributed by atoms with van der Waals surface area (Å²) in [5, 5.41) is 4.08. The molecule has 0 aliphatic carbocycles. The van der Waals surface area contributed by atoms with Crippen LogP contribution in [0.25, 0.3) is 6.08 Å². The van der Waals surface area contributed by atoms with Crippen molar-refractivity contribution in [3.8, 4) is 0 Å². The van der Waals surface area contributed by atoms with Crippen LogP contribution in [0.5, 0.6) is 0 Å². The summed E-state index contributed by atoms with van der Waals surface area (Å²) in [4.78, 5) is 21.1. The highest BCUT2D eigenvalue weighted by Crippen LogP contribution is 2.48. The number of aryl methyl sites for hydroxylation is 1. The number of carbonyl (C=O) groups excluding carboxylic acids is 1. The number of fused-ring (bicyclic) bond motifs is 2. The van der Waals surface area contributed by atoms with Crippen LogP contribution in [0.15, 0.2) is 60.8 Å². The summed E-state index contributed by atoms with van der Waals surface area (Å²) >= 11 is 12.1. The predicted molar refractivity (Wildman–Crippen MR) is 148 cm³/mol. The molecule has 1 N–H and O–H groups in total. The second kappa shape index (κ2) is 10.8. The number of nitrogens with zero attached hydrogens (tertiary/aromatic N) is 3. The summed E-state index contributed by atoms with van der Waals surface area (Å²) < 4.78 is 13.4. The molecule has 8 heteroatoms. The molecule has 2 aliphatic heterocycles. The fourth-order valence-electron chi connectivity index (χ4n) is 5.57. The van der Waals surface area contributed by atoms with Gasteiger partial charge in [-0.15, -0.1) is 0 Å². The highest BCUT2D eigenvalue weighted by Gasteiger charge is 2.47. The molecule has 2 aliphatic rings. The number of amides is 2. The maximum absolute atomic E-state index is 13.4. The second-order valence-electron chi connectivity index (χ2n) is 9.86. The highest BCUT2D eigenvalue weighted by molar-refractivity contribution is 6.42. The van der Waals surface area contributed by atoms with E-state index in [9.17, 15) is 9.18 Å². The lowest BCUT2D eigenvalue weighted by Gasteiger charge is -2.40. The standard InChI is InChI=1S/C29H29Cl2FN4O/c1-20-4-2-6-25-27(20)29(19-36(25)28(37)34-18-22-9-12-33-26(32)17-22)10-14-35(15-11-29)13-3-5-21-7-8-23(30)24(31)16-21/h2-9,12,16-17H,10-11,13-15,18-19H2,1H3,(H,34,37)/b5-3+. The van der Waals surface area contributed by atoms with Crippen molar-refractivity contribution in [2.45, 2.75) is 31.7 Å². The van der Waals surface area contributed by atoms with Gasteiger partial charge < -0.3 is 5.32 Å². The molecule has 0 radical (unpaired) electrons. The van der Waals surface area contributed by atoms with E-state index in [2.05, 4.69) is 40.3 Å². The number of likely N-dealkylation sites (tertiary alicyclic amines) is 1. The zero-order valence-electron chi connectivity index (χ0n) is 20.7. The molecule has 1 fully saturated rings. The maximum atomic E-state index is 13.4. The van der Waals surface area contributed by atoms with Crippen LogP contribution in [0, 0.1) is 12.9 Å². The molecule has 2 aromatic carbocycles. The van der Waals surface area contributed by atoms with Crippen molar-refractivity contribution in [3.05, 3.63) is 99.1 Å². The van der Waals surface area contributed by atoms with E-state index in [1.807, 2.05) is 35.2 Å². The molecule has 37 heavy (non-hydrogen) atoms. The first-order chi connectivity index (χ1) is 17.8. The Kier molecular flexibility index (Phi) is 7.52. The van der Waals surface area contributed by atoms with E-state index in [0.29, 0.717) is 22.2 Å². The van der Waals surface area contributed by atoms with Gasteiger partial charge in [0.15, 0.2) is 0 Å². The number of nitrogens with one attached hydrogen (secondary N) is 1. The summed E-state index contributed by atoms with van der Waals surface area (Å²) in [7, 11) is 0. The number of piperidine rings is 1. The lowest BCUT2D eigenvalue weighted by atomic mass is 9.73. The molecule has 0 unspecified atom stereocenters. The Labute approximate surface area is 226 Å². The average Bonchev–Trinajstić information content (AvgIpc) is 3.21. The minimum Gasteiger partial charge on any atom is -0.334 e. The van der Waals surface area contributed by atoms with E-state index in [1.165, 1.54) is 23.4 Å². The second-order valence-corrected chi connectivity index (χ2v) is 10.7. The van der Waals surface area contributed by atoms with Gasteiger partial charge >= 0.3 is 6.03 Å². The zero-order valence-corrected chi connectivity index (χ0v) is 22.2. The van der Waals surface area contributed by atoms with Gasteiger partial charge in [-0.2, -0.15) is 4.39 Å². The Morgan fingerprint density at radius 1 is 1.14 bits per heavy atom. The molecule has 0 atom stereocenters. The van der Waals surface area contributed by atoms with Gasteiger partial charge in [0.05, 0.1) is 10.0 Å². The average molecular weight is 539 g/mol. The molecule has 0 saturated carbocycles. The molecule has 1 spiro atoms. The van der Waals surface area contributed by atoms with Gasteiger partial charge in [-0.25, -0.2) is 9.78 Å². The van der Waals surface area contributed by atoms with Crippen molar-refractivity contribution < 1.29 is 9.18 Å². The minimum atomic E-state index is -0.550. The zero-order chi connectivity index (χ0) is 26.0. The van der Waals surface area contributed by atoms with E-state index in [-0.39, 0.29) is 18.0 Å². The van der Waals surface area contributed by atoms with E-state index < -0.39 is 5.95 Å². The molecular formula is C29H29Cl2FN4O. The number of anilines is 1. The van der Waals surface area contributed by atoms with Crippen LogP contribution < -0.4 is 10.2 Å². The quantitative estimate of drug-likeness (QED) is 0.371. The van der Waals surface area contributed by atoms with Crippen molar-refractivity contribution in [1.29, 1.82) is 0 Å². The first-order valence-corrected chi connectivity index (χ1v) is 13.2. The predicted octanol–water partition coefficient (Wildman–Crippen LogP) is 6.61. The number of pyridine rings is 1. The fraction of sp³-hybridized carbons (Fsp3) is 0.310. The Hall–Kier alpha value is -2.93. The van der Waals surface area contributed by atoms with Crippen molar-refractivity contribution >= 4 is 41.0 Å². The van der Waals surface area contributed by atoms with Crippen LogP contribution in [-0.2, 0) is 12.0 Å². The first kappa shape index (κ1) is 25.7. The Balaban J connectivity index is 1.25. The summed E-state index contributed by atoms with van der Waals surface area (Å²) in [5.41, 5.74) is 5.13. The summed E-state index contributed by atoms with van der Waals surface area (Å²) in [6.45, 7) is 5.78. The molecular weight excluding hydrogens is 510 g/mol. The molecule has 1 saturated heterocycles. The van der Waals surface area contributed by atoms with Crippen LogP contribution in [-0.4, -0.2) is 42.1 Å². The Morgan fingerprint density at radius 3 is 2.70 bits per heavy atom. The van der Waals surface area contributed by atoms with Gasteiger partial charge in [-0.1, -0.05) is 53.6 Å². The summed E-state index contributed by atoms with van der Waals surface area (Å²) in [5.74, 6) is -0.550. The molecule has 2 amide bonds. The lowest BCUT2D eigenvalue weighted by molar-refractivity contribution is 0.179. The molecule has 3 aromatic rings. The van der Waals surface area contributed by atoms with Crippen molar-refractivity contribution in [1.82, 2.24) is 15.2 Å². The third kappa shape index (κ3) is 5.52. The monoisotopic (exact) mass is 538 g/mol. The molecule has 0 bridgehead atoms. The molecule has 5 nitrogen and oxygen atoms in total. The van der Waals surface area contributed by atoms with Crippen molar-refractivity contribution in [2.24, 2.45) is 0 Å².